The van der Waals surface area contributed by atoms with Crippen LogP contribution in [-0.2, 0) is 6.61 Å². The molecule has 29 heavy (non-hydrogen) atoms. The summed E-state index contributed by atoms with van der Waals surface area (Å²) in [6.07, 6.45) is 1.79. The fourth-order valence-corrected chi connectivity index (χ4v) is 3.07. The van der Waals surface area contributed by atoms with Gasteiger partial charge in [-0.15, -0.1) is 0 Å². The van der Waals surface area contributed by atoms with Crippen molar-refractivity contribution in [3.8, 4) is 11.5 Å². The van der Waals surface area contributed by atoms with Crippen molar-refractivity contribution in [1.82, 2.24) is 0 Å². The molecule has 0 spiro atoms. The van der Waals surface area contributed by atoms with Gasteiger partial charge in [-0.25, -0.2) is 4.79 Å². The number of benzene rings is 3. The molecule has 6 heteroatoms. The number of hydrogen-bond donors (Lipinski definition) is 1. The molecule has 0 saturated heterocycles. The molecule has 148 valence electrons. The van der Waals surface area contributed by atoms with Gasteiger partial charge in [-0.2, -0.15) is 0 Å². The number of hydrogen-bond acceptors (Lipinski definition) is 4. The summed E-state index contributed by atoms with van der Waals surface area (Å²) >= 11 is 3.52. The zero-order chi connectivity index (χ0) is 20.6. The lowest BCUT2D eigenvalue weighted by Gasteiger charge is -2.09. The summed E-state index contributed by atoms with van der Waals surface area (Å²) < 4.78 is 12.1. The van der Waals surface area contributed by atoms with Crippen LogP contribution in [0.4, 0.5) is 5.69 Å². The molecule has 0 aliphatic heterocycles. The van der Waals surface area contributed by atoms with Gasteiger partial charge in [0.15, 0.2) is 0 Å². The van der Waals surface area contributed by atoms with Crippen LogP contribution >= 0.6 is 15.9 Å². The van der Waals surface area contributed by atoms with Gasteiger partial charge in [0.25, 0.3) is 0 Å². The highest BCUT2D eigenvalue weighted by Gasteiger charge is 2.05. The van der Waals surface area contributed by atoms with Gasteiger partial charge in [-0.1, -0.05) is 12.1 Å². The van der Waals surface area contributed by atoms with Gasteiger partial charge in [-0.05, 0) is 88.6 Å². The van der Waals surface area contributed by atoms with Crippen LogP contribution in [0.3, 0.4) is 0 Å². The predicted octanol–water partition coefficient (Wildman–Crippen LogP) is 5.88. The van der Waals surface area contributed by atoms with Crippen LogP contribution in [0.5, 0.6) is 11.5 Å². The highest BCUT2D eigenvalue weighted by molar-refractivity contribution is 9.10. The average molecular weight is 454 g/mol. The molecule has 3 aromatic carbocycles. The molecule has 0 aliphatic rings. The Kier molecular flexibility index (Phi) is 7.03. The fourth-order valence-electron chi connectivity index (χ4n) is 2.56. The molecule has 5 nitrogen and oxygen atoms in total. The Morgan fingerprint density at radius 1 is 1.03 bits per heavy atom. The second-order valence-electron chi connectivity index (χ2n) is 6.17. The summed E-state index contributed by atoms with van der Waals surface area (Å²) in [6, 6.07) is 19.9. The number of carboxylic acid groups (broad SMARTS) is 1. The van der Waals surface area contributed by atoms with Gasteiger partial charge < -0.3 is 14.6 Å². The average Bonchev–Trinajstić information content (AvgIpc) is 2.73. The maximum Gasteiger partial charge on any atom is 0.335 e. The molecular formula is C23H20BrNO4. The molecule has 0 unspecified atom stereocenters. The van der Waals surface area contributed by atoms with E-state index in [2.05, 4.69) is 20.9 Å². The van der Waals surface area contributed by atoms with Crippen molar-refractivity contribution in [3.05, 3.63) is 87.9 Å². The van der Waals surface area contributed by atoms with Crippen LogP contribution in [0.25, 0.3) is 0 Å². The Morgan fingerprint density at radius 2 is 1.76 bits per heavy atom. The van der Waals surface area contributed by atoms with Crippen molar-refractivity contribution < 1.29 is 19.4 Å². The van der Waals surface area contributed by atoms with E-state index in [1.165, 1.54) is 0 Å². The third-order valence-electron chi connectivity index (χ3n) is 4.06. The first kappa shape index (κ1) is 20.6. The van der Waals surface area contributed by atoms with Crippen LogP contribution in [0, 0.1) is 0 Å². The van der Waals surface area contributed by atoms with Crippen LogP contribution < -0.4 is 9.47 Å². The number of aliphatic imine (C=N–C) groups is 1. The second-order valence-corrected chi connectivity index (χ2v) is 7.02. The van der Waals surface area contributed by atoms with Crippen molar-refractivity contribution in [2.75, 3.05) is 6.61 Å². The zero-order valence-corrected chi connectivity index (χ0v) is 17.4. The molecular weight excluding hydrogens is 434 g/mol. The highest BCUT2D eigenvalue weighted by atomic mass is 79.9. The number of carbonyl (C=O) groups is 1. The lowest BCUT2D eigenvalue weighted by Crippen LogP contribution is -1.99. The molecule has 0 amide bonds. The van der Waals surface area contributed by atoms with Crippen LogP contribution in [0.15, 0.2) is 76.2 Å². The van der Waals surface area contributed by atoms with E-state index in [1.54, 1.807) is 30.5 Å². The van der Waals surface area contributed by atoms with Gasteiger partial charge in [0.2, 0.25) is 0 Å². The van der Waals surface area contributed by atoms with Crippen molar-refractivity contribution in [2.45, 2.75) is 13.5 Å². The number of rotatable bonds is 8. The smallest absolute Gasteiger partial charge is 0.335 e. The molecule has 0 fully saturated rings. The third kappa shape index (κ3) is 5.93. The minimum absolute atomic E-state index is 0.256. The standard InChI is InChI=1S/C23H20BrNO4/c1-2-28-20-10-8-19(9-11-20)25-14-17-5-12-22(21(24)13-17)29-15-16-3-6-18(7-4-16)23(26)27/h3-14H,2,15H2,1H3,(H,26,27). The lowest BCUT2D eigenvalue weighted by molar-refractivity contribution is 0.0697. The summed E-state index contributed by atoms with van der Waals surface area (Å²) in [7, 11) is 0. The summed E-state index contributed by atoms with van der Waals surface area (Å²) in [6.45, 7) is 2.93. The number of ether oxygens (including phenoxy) is 2. The van der Waals surface area contributed by atoms with Gasteiger partial charge in [0, 0.05) is 6.21 Å². The molecule has 0 saturated carbocycles. The van der Waals surface area contributed by atoms with E-state index in [0.717, 1.165) is 27.0 Å². The second kappa shape index (κ2) is 9.89. The molecule has 0 heterocycles. The Morgan fingerprint density at radius 3 is 2.38 bits per heavy atom. The molecule has 0 aromatic heterocycles. The number of carboxylic acids is 1. The normalized spacial score (nSPS) is 10.8. The Balaban J connectivity index is 1.61. The van der Waals surface area contributed by atoms with Crippen molar-refractivity contribution in [1.29, 1.82) is 0 Å². The SMILES string of the molecule is CCOc1ccc(N=Cc2ccc(OCc3ccc(C(=O)O)cc3)c(Br)c2)cc1. The molecule has 1 N–H and O–H groups in total. The summed E-state index contributed by atoms with van der Waals surface area (Å²) in [5.41, 5.74) is 2.92. The van der Waals surface area contributed by atoms with Gasteiger partial charge in [-0.3, -0.25) is 4.99 Å². The first-order chi connectivity index (χ1) is 14.0. The minimum atomic E-state index is -0.942. The largest absolute Gasteiger partial charge is 0.494 e. The van der Waals surface area contributed by atoms with Crippen molar-refractivity contribution in [2.24, 2.45) is 4.99 Å². The molecule has 0 bridgehead atoms. The molecule has 0 aliphatic carbocycles. The summed E-state index contributed by atoms with van der Waals surface area (Å²) in [5.74, 6) is 0.585. The molecule has 0 radical (unpaired) electrons. The highest BCUT2D eigenvalue weighted by Crippen LogP contribution is 2.27. The maximum atomic E-state index is 10.9. The predicted molar refractivity (Wildman–Crippen MR) is 117 cm³/mol. The Hall–Kier alpha value is -3.12. The summed E-state index contributed by atoms with van der Waals surface area (Å²) in [4.78, 5) is 15.4. The van der Waals surface area contributed by atoms with Crippen LogP contribution in [0.2, 0.25) is 0 Å². The third-order valence-corrected chi connectivity index (χ3v) is 4.68. The molecule has 3 rings (SSSR count). The van der Waals surface area contributed by atoms with E-state index in [4.69, 9.17) is 14.6 Å². The minimum Gasteiger partial charge on any atom is -0.494 e. The van der Waals surface area contributed by atoms with E-state index in [9.17, 15) is 4.79 Å². The van der Waals surface area contributed by atoms with Gasteiger partial charge in [0.1, 0.15) is 18.1 Å². The van der Waals surface area contributed by atoms with Gasteiger partial charge >= 0.3 is 5.97 Å². The molecule has 3 aromatic rings. The Labute approximate surface area is 177 Å². The van der Waals surface area contributed by atoms with E-state index in [0.29, 0.717) is 19.0 Å². The first-order valence-corrected chi connectivity index (χ1v) is 9.86. The monoisotopic (exact) mass is 453 g/mol. The van der Waals surface area contributed by atoms with Gasteiger partial charge in [0.05, 0.1) is 22.3 Å². The summed E-state index contributed by atoms with van der Waals surface area (Å²) in [5, 5.41) is 8.94. The fraction of sp³-hybridized carbons (Fsp3) is 0.130. The number of aromatic carboxylic acids is 1. The number of halogens is 1. The lowest BCUT2D eigenvalue weighted by atomic mass is 10.1. The topological polar surface area (TPSA) is 68.1 Å². The van der Waals surface area contributed by atoms with E-state index in [1.807, 2.05) is 49.4 Å². The van der Waals surface area contributed by atoms with Crippen molar-refractivity contribution in [3.63, 3.8) is 0 Å². The van der Waals surface area contributed by atoms with E-state index >= 15 is 0 Å². The maximum absolute atomic E-state index is 10.9. The molecule has 0 atom stereocenters. The van der Waals surface area contributed by atoms with E-state index < -0.39 is 5.97 Å². The van der Waals surface area contributed by atoms with Crippen LogP contribution in [-0.4, -0.2) is 23.9 Å². The quantitative estimate of drug-likeness (QED) is 0.432. The first-order valence-electron chi connectivity index (χ1n) is 9.06. The van der Waals surface area contributed by atoms with Crippen molar-refractivity contribution >= 4 is 33.8 Å². The van der Waals surface area contributed by atoms with Crippen LogP contribution in [0.1, 0.15) is 28.4 Å². The number of nitrogens with zero attached hydrogens (tertiary/aromatic N) is 1. The van der Waals surface area contributed by atoms with E-state index in [-0.39, 0.29) is 5.56 Å². The Bertz CT molecular complexity index is 998. The zero-order valence-electron chi connectivity index (χ0n) is 15.8.